The molecule has 1 aliphatic rings. The Morgan fingerprint density at radius 1 is 0.340 bits per heavy atom. The van der Waals surface area contributed by atoms with E-state index in [0.29, 0.717) is 46.6 Å². The number of benzene rings is 10. The van der Waals surface area contributed by atoms with Crippen LogP contribution in [0.25, 0.3) is 84.5 Å². The summed E-state index contributed by atoms with van der Waals surface area (Å²) in [6.45, 7) is 29.3. The average Bonchev–Trinajstić information content (AvgIpc) is 1.64. The summed E-state index contributed by atoms with van der Waals surface area (Å²) in [5, 5.41) is 50.5. The number of fused-ring (bicyclic) bond motifs is 5. The van der Waals surface area contributed by atoms with Gasteiger partial charge in [0.25, 0.3) is 5.69 Å². The van der Waals surface area contributed by atoms with E-state index < -0.39 is 4.92 Å². The predicted molar refractivity (Wildman–Crippen MR) is 596 cm³/mol. The molecule has 7 N–H and O–H groups in total. The standard InChI is InChI=1S/C27H28BrN3O.C24H25N3O.C23H22BrN3O.C22H20BrN3O.C22H20N4O3/c1-19-12-13-21(16-24(19)32-18-20-8-4-2-5-9-20)26-27(29-23-10-6-3-7-11-23)31-17-22(28)14-15-25(31)30-26;1-15-9-12-21-25-23(19-11-10-16(2)20(13-19)28-5)24(27(21)14-15)26-22-17(3)7-6-8-18(22)4;1-14-8-9-17(12-19(14)28-4)22-23(26-21-15(2)6-5-7-16(21)3)27-13-18(24)10-11-20(27)25-22;1-13-7-9-17(18(27)11-13)21-22(25-20-14(2)5-4-6-15(20)3)26-12-16(23)8-10-19(26)24-21;1-13-7-9-17(18(27)11-13)21-22(24-20-14(2)5-4-6-15(20)3)25-12-16(26(28)29)8-10-19(25)23-21/h2,4-5,8-9,12-17,23,29H,3,6-7,10-11,18H2,1H3;6-14,26H,1-5H3;5-13,26H,1-4H3;4-12,25,27H,1-3H3;4-12,24,27H,1-3H3. The minimum absolute atomic E-state index is 0.0425. The van der Waals surface area contributed by atoms with Crippen LogP contribution in [0.2, 0.25) is 0 Å². The van der Waals surface area contributed by atoms with Gasteiger partial charge in [-0.05, 0) is 332 Å². The highest BCUT2D eigenvalue weighted by molar-refractivity contribution is 9.11. The lowest BCUT2D eigenvalue weighted by atomic mass is 9.95. The summed E-state index contributed by atoms with van der Waals surface area (Å²) in [6, 6.07) is 84.6. The number of aryl methyl sites for hydroxylation is 14. The third kappa shape index (κ3) is 22.2. The Morgan fingerprint density at radius 3 is 1.05 bits per heavy atom. The molecule has 21 rings (SSSR count). The summed E-state index contributed by atoms with van der Waals surface area (Å²) in [5.41, 5.74) is 33.3. The lowest BCUT2D eigenvalue weighted by molar-refractivity contribution is -0.385. The van der Waals surface area contributed by atoms with Gasteiger partial charge in [-0.25, -0.2) is 24.9 Å². The zero-order chi connectivity index (χ0) is 101. The molecular weight excluding hydrogens is 1990 g/mol. The second-order valence-corrected chi connectivity index (χ2v) is 39.5. The highest BCUT2D eigenvalue weighted by atomic mass is 79.9. The van der Waals surface area contributed by atoms with Crippen molar-refractivity contribution in [2.45, 2.75) is 142 Å². The van der Waals surface area contributed by atoms with Gasteiger partial charge in [0, 0.05) is 101 Å². The van der Waals surface area contributed by atoms with E-state index in [-0.39, 0.29) is 17.2 Å². The van der Waals surface area contributed by atoms with Crippen molar-refractivity contribution in [1.82, 2.24) is 46.9 Å². The molecule has 10 aromatic carbocycles. The molecule has 0 atom stereocenters. The van der Waals surface area contributed by atoms with Gasteiger partial charge < -0.3 is 51.0 Å². The van der Waals surface area contributed by atoms with Crippen LogP contribution >= 0.6 is 47.8 Å². The van der Waals surface area contributed by atoms with Crippen molar-refractivity contribution in [3.8, 4) is 85.0 Å². The number of nitrogens with one attached hydrogen (secondary N) is 5. The molecule has 0 radical (unpaired) electrons. The van der Waals surface area contributed by atoms with Crippen molar-refractivity contribution >= 4 is 134 Å². The van der Waals surface area contributed by atoms with Gasteiger partial charge in [-0.2, -0.15) is 0 Å². The zero-order valence-corrected chi connectivity index (χ0v) is 88.2. The topological polar surface area (TPSA) is 258 Å². The number of para-hydroxylation sites is 4. The van der Waals surface area contributed by atoms with Crippen LogP contribution in [0.4, 0.5) is 57.5 Å². The SMILES string of the molecule is COc1cc(-c2nc3ccc(Br)cn3c2Nc2c(C)cccc2C)ccc1C.COc1cc(-c2nc3ccc(C)cn3c2Nc2c(C)cccc2C)ccc1C.Cc1ccc(-c2nc3ccc(Br)cn3c2NC2CCCCC2)cc1OCc1ccccc1.Cc1ccc(-c2nc3ccc(Br)cn3c2Nc2c(C)cccc2C)c(O)c1.Cc1ccc(-c2nc3ccc([N+](=O)[O-])cn3c2Nc2c(C)cccc2C)c(O)c1. The van der Waals surface area contributed by atoms with Crippen LogP contribution in [0.3, 0.4) is 0 Å². The molecule has 0 bridgehead atoms. The van der Waals surface area contributed by atoms with Crippen molar-refractivity contribution in [2.75, 3.05) is 40.8 Å². The fourth-order valence-electron chi connectivity index (χ4n) is 18.2. The van der Waals surface area contributed by atoms with Crippen molar-refractivity contribution in [2.24, 2.45) is 0 Å². The maximum absolute atomic E-state index is 11.3. The van der Waals surface area contributed by atoms with Crippen molar-refractivity contribution in [3.05, 3.63) is 393 Å². The molecule has 0 unspecified atom stereocenters. The van der Waals surface area contributed by atoms with Crippen LogP contribution < -0.4 is 40.8 Å². The first kappa shape index (κ1) is 100. The number of nitrogens with zero attached hydrogens (tertiary/aromatic N) is 11. The molecule has 730 valence electrons. The number of aromatic nitrogens is 10. The van der Waals surface area contributed by atoms with Gasteiger partial charge in [-0.1, -0.05) is 177 Å². The number of anilines is 9. The number of halogens is 3. The molecule has 144 heavy (non-hydrogen) atoms. The minimum Gasteiger partial charge on any atom is -0.507 e. The Kier molecular flexibility index (Phi) is 30.5. The van der Waals surface area contributed by atoms with Crippen molar-refractivity contribution < 1.29 is 29.3 Å². The molecule has 1 saturated carbocycles. The van der Waals surface area contributed by atoms with Gasteiger partial charge >= 0.3 is 0 Å². The van der Waals surface area contributed by atoms with Crippen LogP contribution in [0, 0.1) is 107 Å². The Bertz CT molecular complexity index is 7930. The number of imidazole rings is 5. The van der Waals surface area contributed by atoms with Gasteiger partial charge in [0.15, 0.2) is 0 Å². The van der Waals surface area contributed by atoms with E-state index in [1.807, 2.05) is 155 Å². The third-order valence-electron chi connectivity index (χ3n) is 26.1. The second-order valence-electron chi connectivity index (χ2n) is 36.8. The normalized spacial score (nSPS) is 11.8. The molecule has 0 saturated heterocycles. The van der Waals surface area contributed by atoms with Crippen LogP contribution in [-0.4, -0.2) is 82.3 Å². The highest BCUT2D eigenvalue weighted by Gasteiger charge is 2.27. The molecule has 1 aliphatic carbocycles. The first-order valence-electron chi connectivity index (χ1n) is 47.9. The monoisotopic (exact) mass is 2100 g/mol. The molecular formula is C118H115Br3N16O7. The fraction of sp³-hybridized carbons (Fsp3) is 0.195. The summed E-state index contributed by atoms with van der Waals surface area (Å²) in [5.74, 6) is 7.27. The largest absolute Gasteiger partial charge is 0.507 e. The number of aromatic hydroxyl groups is 2. The van der Waals surface area contributed by atoms with Crippen LogP contribution in [0.5, 0.6) is 28.7 Å². The van der Waals surface area contributed by atoms with Crippen LogP contribution in [0.1, 0.15) is 116 Å². The van der Waals surface area contributed by atoms with Gasteiger partial charge in [-0.15, -0.1) is 0 Å². The number of ether oxygens (including phenoxy) is 3. The lowest BCUT2D eigenvalue weighted by Gasteiger charge is -2.24. The highest BCUT2D eigenvalue weighted by Crippen LogP contribution is 2.45. The quantitative estimate of drug-likeness (QED) is 0.0261. The Hall–Kier alpha value is -15.5. The number of phenolic OH excluding ortho intramolecular Hbond substituents is 2. The number of hydrogen-bond donors (Lipinski definition) is 7. The summed E-state index contributed by atoms with van der Waals surface area (Å²) >= 11 is 10.8. The fourth-order valence-corrected chi connectivity index (χ4v) is 19.2. The van der Waals surface area contributed by atoms with Gasteiger partial charge in [0.1, 0.15) is 121 Å². The minimum atomic E-state index is -0.439. The molecule has 0 aliphatic heterocycles. The Morgan fingerprint density at radius 2 is 0.667 bits per heavy atom. The van der Waals surface area contributed by atoms with E-state index >= 15 is 0 Å². The summed E-state index contributed by atoms with van der Waals surface area (Å²) in [4.78, 5) is 35.1. The van der Waals surface area contributed by atoms with Gasteiger partial charge in [-0.3, -0.25) is 32.1 Å². The number of pyridine rings is 5. The van der Waals surface area contributed by atoms with E-state index in [9.17, 15) is 20.3 Å². The Labute approximate surface area is 863 Å². The van der Waals surface area contributed by atoms with Crippen molar-refractivity contribution in [1.29, 1.82) is 0 Å². The third-order valence-corrected chi connectivity index (χ3v) is 27.5. The molecule has 1 fully saturated rings. The van der Waals surface area contributed by atoms with Crippen LogP contribution in [0.15, 0.2) is 299 Å². The van der Waals surface area contributed by atoms with E-state index in [4.69, 9.17) is 34.1 Å². The molecule has 23 nitrogen and oxygen atoms in total. The second kappa shape index (κ2) is 43.9. The molecule has 10 aromatic heterocycles. The molecule has 10 heterocycles. The number of methoxy groups -OCH3 is 2. The van der Waals surface area contributed by atoms with Crippen LogP contribution in [-0.2, 0) is 6.61 Å². The summed E-state index contributed by atoms with van der Waals surface area (Å²) < 4.78 is 30.3. The summed E-state index contributed by atoms with van der Waals surface area (Å²) in [6.07, 6.45) is 16.0. The van der Waals surface area contributed by atoms with Crippen molar-refractivity contribution in [3.63, 3.8) is 0 Å². The number of rotatable bonds is 21. The molecule has 20 aromatic rings. The molecule has 0 spiro atoms. The average molecular weight is 2110 g/mol. The molecule has 26 heteroatoms. The van der Waals surface area contributed by atoms with E-state index in [1.165, 1.54) is 72.2 Å². The maximum Gasteiger partial charge on any atom is 0.286 e. The number of nitro groups is 1. The first-order valence-corrected chi connectivity index (χ1v) is 50.2. The van der Waals surface area contributed by atoms with E-state index in [1.54, 1.807) is 42.9 Å². The number of hydrogen-bond acceptors (Lipinski definition) is 17. The van der Waals surface area contributed by atoms with Gasteiger partial charge in [0.05, 0.1) is 25.3 Å². The maximum atomic E-state index is 11.3. The Balaban J connectivity index is 0.000000124. The zero-order valence-electron chi connectivity index (χ0n) is 83.4. The lowest BCUT2D eigenvalue weighted by Crippen LogP contribution is -2.23. The van der Waals surface area contributed by atoms with E-state index in [2.05, 4.69) is 288 Å². The first-order chi connectivity index (χ1) is 69.4. The molecule has 0 amide bonds. The van der Waals surface area contributed by atoms with Gasteiger partial charge in [0.2, 0.25) is 0 Å². The summed E-state index contributed by atoms with van der Waals surface area (Å²) in [7, 11) is 3.40. The van der Waals surface area contributed by atoms with E-state index in [0.717, 1.165) is 189 Å². The number of phenols is 2. The smallest absolute Gasteiger partial charge is 0.286 e. The predicted octanol–water partition coefficient (Wildman–Crippen LogP) is 31.2.